The molecule has 114 valence electrons. The number of rotatable bonds is 8. The summed E-state index contributed by atoms with van der Waals surface area (Å²) in [5, 5.41) is 7.48. The summed E-state index contributed by atoms with van der Waals surface area (Å²) in [6.45, 7) is 9.04. The number of nitrogens with zero attached hydrogens (tertiary/aromatic N) is 4. The fourth-order valence-corrected chi connectivity index (χ4v) is 2.04. The first-order valence-corrected chi connectivity index (χ1v) is 7.41. The molecule has 0 aliphatic heterocycles. The van der Waals surface area contributed by atoms with Crippen molar-refractivity contribution >= 4 is 0 Å². The Morgan fingerprint density at radius 2 is 2.14 bits per heavy atom. The zero-order valence-electron chi connectivity index (χ0n) is 13.0. The van der Waals surface area contributed by atoms with Crippen LogP contribution in [0.5, 0.6) is 5.75 Å². The number of aryl methyl sites for hydroxylation is 2. The Hall–Kier alpha value is -1.95. The third kappa shape index (κ3) is 4.26. The normalized spacial score (nSPS) is 10.8. The van der Waals surface area contributed by atoms with Gasteiger partial charge in [0.15, 0.2) is 5.82 Å². The van der Waals surface area contributed by atoms with Gasteiger partial charge in [0.2, 0.25) is 0 Å². The Labute approximate surface area is 125 Å². The maximum absolute atomic E-state index is 5.89. The van der Waals surface area contributed by atoms with E-state index in [-0.39, 0.29) is 0 Å². The van der Waals surface area contributed by atoms with Gasteiger partial charge in [-0.05, 0) is 32.0 Å². The first-order chi connectivity index (χ1) is 10.2. The lowest BCUT2D eigenvalue weighted by molar-refractivity contribution is 0.281. The van der Waals surface area contributed by atoms with E-state index in [1.165, 1.54) is 0 Å². The lowest BCUT2D eigenvalue weighted by atomic mass is 10.3. The second kappa shape index (κ2) is 7.73. The largest absolute Gasteiger partial charge is 0.484 e. The topological polar surface area (TPSA) is 64.9 Å². The lowest BCUT2D eigenvalue weighted by Gasteiger charge is -2.12. The van der Waals surface area contributed by atoms with Crippen LogP contribution in [0, 0.1) is 6.92 Å². The van der Waals surface area contributed by atoms with Gasteiger partial charge in [-0.3, -0.25) is 4.98 Å². The molecule has 2 heterocycles. The zero-order chi connectivity index (χ0) is 15.1. The van der Waals surface area contributed by atoms with Crippen LogP contribution in [0.2, 0.25) is 0 Å². The summed E-state index contributed by atoms with van der Waals surface area (Å²) in [7, 11) is 0. The molecule has 0 bridgehead atoms. The molecule has 0 spiro atoms. The summed E-state index contributed by atoms with van der Waals surface area (Å²) in [6, 6.07) is 3.93. The predicted molar refractivity (Wildman–Crippen MR) is 81.0 cm³/mol. The van der Waals surface area contributed by atoms with Crippen molar-refractivity contribution in [1.82, 2.24) is 25.1 Å². The number of pyridine rings is 1. The highest BCUT2D eigenvalue weighted by Crippen LogP contribution is 2.18. The van der Waals surface area contributed by atoms with Gasteiger partial charge >= 0.3 is 0 Å². The molecule has 0 amide bonds. The van der Waals surface area contributed by atoms with Crippen LogP contribution in [0.4, 0.5) is 0 Å². The molecule has 1 N–H and O–H groups in total. The van der Waals surface area contributed by atoms with Crippen LogP contribution in [-0.2, 0) is 19.7 Å². The highest BCUT2D eigenvalue weighted by atomic mass is 16.5. The minimum atomic E-state index is 0.407. The number of hydrogen-bond acceptors (Lipinski definition) is 5. The van der Waals surface area contributed by atoms with Crippen molar-refractivity contribution in [3.8, 4) is 5.75 Å². The van der Waals surface area contributed by atoms with E-state index in [0.29, 0.717) is 13.2 Å². The molecule has 0 radical (unpaired) electrons. The second-order valence-corrected chi connectivity index (χ2v) is 4.87. The second-order valence-electron chi connectivity index (χ2n) is 4.87. The molecule has 2 aromatic heterocycles. The molecule has 2 aromatic rings. The molecule has 0 saturated heterocycles. The molecule has 0 unspecified atom stereocenters. The van der Waals surface area contributed by atoms with Crippen molar-refractivity contribution in [2.45, 2.75) is 46.9 Å². The molecule has 0 atom stereocenters. The van der Waals surface area contributed by atoms with Crippen molar-refractivity contribution in [1.29, 1.82) is 0 Å². The molecule has 0 aliphatic rings. The molecule has 0 fully saturated rings. The van der Waals surface area contributed by atoms with E-state index >= 15 is 0 Å². The zero-order valence-corrected chi connectivity index (χ0v) is 13.0. The third-order valence-corrected chi connectivity index (χ3v) is 3.10. The Balaban J connectivity index is 2.06. The van der Waals surface area contributed by atoms with Crippen LogP contribution in [0.25, 0.3) is 0 Å². The summed E-state index contributed by atoms with van der Waals surface area (Å²) in [5.41, 5.74) is 1.92. The van der Waals surface area contributed by atoms with Crippen molar-refractivity contribution < 1.29 is 4.74 Å². The molecule has 2 rings (SSSR count). The molecular weight excluding hydrogens is 266 g/mol. The van der Waals surface area contributed by atoms with Gasteiger partial charge < -0.3 is 10.1 Å². The summed E-state index contributed by atoms with van der Waals surface area (Å²) in [6.07, 6.45) is 2.59. The first kappa shape index (κ1) is 15.4. The fourth-order valence-electron chi connectivity index (χ4n) is 2.04. The van der Waals surface area contributed by atoms with E-state index in [9.17, 15) is 0 Å². The first-order valence-electron chi connectivity index (χ1n) is 7.41. The Morgan fingerprint density at radius 1 is 1.29 bits per heavy atom. The number of nitrogens with one attached hydrogen (secondary N) is 1. The van der Waals surface area contributed by atoms with E-state index in [0.717, 1.165) is 42.5 Å². The van der Waals surface area contributed by atoms with Gasteiger partial charge in [-0.15, -0.1) is 0 Å². The molecular formula is C15H23N5O. The number of aromatic nitrogens is 4. The summed E-state index contributed by atoms with van der Waals surface area (Å²) < 4.78 is 7.78. The smallest absolute Gasteiger partial charge is 0.164 e. The van der Waals surface area contributed by atoms with Crippen LogP contribution >= 0.6 is 0 Å². The van der Waals surface area contributed by atoms with E-state index in [2.05, 4.69) is 34.2 Å². The molecule has 6 nitrogen and oxygen atoms in total. The van der Waals surface area contributed by atoms with E-state index in [1.54, 1.807) is 6.33 Å². The van der Waals surface area contributed by atoms with Crippen molar-refractivity contribution in [3.05, 3.63) is 35.7 Å². The van der Waals surface area contributed by atoms with Crippen molar-refractivity contribution in [3.63, 3.8) is 0 Å². The average Bonchev–Trinajstić information content (AvgIpc) is 2.92. The number of hydrogen-bond donors (Lipinski definition) is 1. The predicted octanol–water partition coefficient (Wildman–Crippen LogP) is 2.08. The van der Waals surface area contributed by atoms with Gasteiger partial charge in [-0.1, -0.05) is 13.8 Å². The lowest BCUT2D eigenvalue weighted by Crippen LogP contribution is -2.15. The average molecular weight is 289 g/mol. The highest BCUT2D eigenvalue weighted by Gasteiger charge is 2.09. The van der Waals surface area contributed by atoms with Crippen LogP contribution in [0.3, 0.4) is 0 Å². The fraction of sp³-hybridized carbons (Fsp3) is 0.533. The monoisotopic (exact) mass is 289 g/mol. The molecule has 6 heteroatoms. The van der Waals surface area contributed by atoms with Gasteiger partial charge in [-0.25, -0.2) is 9.67 Å². The van der Waals surface area contributed by atoms with Gasteiger partial charge in [0.1, 0.15) is 18.7 Å². The molecule has 21 heavy (non-hydrogen) atoms. The van der Waals surface area contributed by atoms with Crippen molar-refractivity contribution in [2.24, 2.45) is 0 Å². The number of ether oxygens (including phenoxy) is 1. The highest BCUT2D eigenvalue weighted by molar-refractivity contribution is 5.29. The maximum Gasteiger partial charge on any atom is 0.164 e. The third-order valence-electron chi connectivity index (χ3n) is 3.10. The summed E-state index contributed by atoms with van der Waals surface area (Å²) in [5.74, 6) is 1.64. The van der Waals surface area contributed by atoms with Gasteiger partial charge in [0, 0.05) is 18.8 Å². The summed E-state index contributed by atoms with van der Waals surface area (Å²) >= 11 is 0. The van der Waals surface area contributed by atoms with Gasteiger partial charge in [-0.2, -0.15) is 5.10 Å². The van der Waals surface area contributed by atoms with Gasteiger partial charge in [0.05, 0.1) is 5.69 Å². The SMILES string of the molecule is CCCn1ncnc1COc1ccc(C)nc1CNCC. The van der Waals surface area contributed by atoms with Crippen molar-refractivity contribution in [2.75, 3.05) is 6.54 Å². The maximum atomic E-state index is 5.89. The van der Waals surface area contributed by atoms with E-state index in [4.69, 9.17) is 4.74 Å². The van der Waals surface area contributed by atoms with Crippen LogP contribution in [0.1, 0.15) is 37.5 Å². The minimum absolute atomic E-state index is 0.407. The Bertz CT molecular complexity index is 567. The van der Waals surface area contributed by atoms with Gasteiger partial charge in [0.25, 0.3) is 0 Å². The minimum Gasteiger partial charge on any atom is -0.484 e. The van der Waals surface area contributed by atoms with Crippen LogP contribution in [0.15, 0.2) is 18.5 Å². The van der Waals surface area contributed by atoms with E-state index < -0.39 is 0 Å². The molecule has 0 saturated carbocycles. The molecule has 0 aliphatic carbocycles. The Morgan fingerprint density at radius 3 is 2.90 bits per heavy atom. The standard InChI is InChI=1S/C15H23N5O/c1-4-8-20-15(17-11-18-20)10-21-14-7-6-12(3)19-13(14)9-16-5-2/h6-7,11,16H,4-5,8-10H2,1-3H3. The quantitative estimate of drug-likeness (QED) is 0.806. The van der Waals surface area contributed by atoms with E-state index in [1.807, 2.05) is 23.7 Å². The Kier molecular flexibility index (Phi) is 5.68. The van der Waals surface area contributed by atoms with Crippen LogP contribution < -0.4 is 10.1 Å². The van der Waals surface area contributed by atoms with Crippen LogP contribution in [-0.4, -0.2) is 26.3 Å². The summed E-state index contributed by atoms with van der Waals surface area (Å²) in [4.78, 5) is 8.79. The molecule has 0 aromatic carbocycles.